The van der Waals surface area contributed by atoms with Crippen molar-refractivity contribution in [2.45, 2.75) is 27.4 Å². The van der Waals surface area contributed by atoms with Gasteiger partial charge in [-0.3, -0.25) is 9.93 Å². The summed E-state index contributed by atoms with van der Waals surface area (Å²) in [5.74, 6) is -5.86. The van der Waals surface area contributed by atoms with Gasteiger partial charge in [0.2, 0.25) is 0 Å². The number of benzene rings is 2. The first-order chi connectivity index (χ1) is 13.8. The van der Waals surface area contributed by atoms with E-state index in [9.17, 15) is 26.5 Å². The maximum absolute atomic E-state index is 13.3. The van der Waals surface area contributed by atoms with Gasteiger partial charge in [0.05, 0.1) is 5.69 Å². The van der Waals surface area contributed by atoms with Gasteiger partial charge < -0.3 is 0 Å². The van der Waals surface area contributed by atoms with Crippen LogP contribution in [0.4, 0.5) is 26.5 Å². The van der Waals surface area contributed by atoms with Gasteiger partial charge in [0, 0.05) is 34.0 Å². The number of nitrogens with zero attached hydrogens (tertiary/aromatic N) is 1. The van der Waals surface area contributed by atoms with Gasteiger partial charge in [-0.2, -0.15) is 0 Å². The second-order valence-corrected chi connectivity index (χ2v) is 5.44. The molecule has 2 nitrogen and oxygen atoms in total. The summed E-state index contributed by atoms with van der Waals surface area (Å²) in [6.45, 7) is 5.15. The highest BCUT2D eigenvalue weighted by molar-refractivity contribution is 5.59. The van der Waals surface area contributed by atoms with Crippen molar-refractivity contribution in [1.82, 2.24) is 4.98 Å². The van der Waals surface area contributed by atoms with Crippen molar-refractivity contribution in [1.29, 1.82) is 0 Å². The van der Waals surface area contributed by atoms with E-state index in [-0.39, 0.29) is 5.56 Å². The highest BCUT2D eigenvalue weighted by Gasteiger charge is 2.11. The van der Waals surface area contributed by atoms with Crippen LogP contribution in [0.5, 0.6) is 5.75 Å². The zero-order valence-corrected chi connectivity index (χ0v) is 15.9. The summed E-state index contributed by atoms with van der Waals surface area (Å²) >= 11 is 0. The molecule has 0 bridgehead atoms. The van der Waals surface area contributed by atoms with E-state index in [1.54, 1.807) is 12.3 Å². The lowest BCUT2D eigenvalue weighted by Gasteiger charge is -2.03. The monoisotopic (exact) mass is 415 g/mol. The molecule has 1 aromatic heterocycles. The Balaban J connectivity index is 0.000000284. The van der Waals surface area contributed by atoms with Crippen molar-refractivity contribution in [2.24, 2.45) is 0 Å². The van der Waals surface area contributed by atoms with Crippen LogP contribution in [0.3, 0.4) is 0 Å². The summed E-state index contributed by atoms with van der Waals surface area (Å²) in [7, 11) is 0. The van der Waals surface area contributed by atoms with E-state index in [1.807, 2.05) is 32.9 Å². The molecule has 0 aliphatic carbocycles. The van der Waals surface area contributed by atoms with Gasteiger partial charge in [-0.25, -0.2) is 22.0 Å². The third-order valence-corrected chi connectivity index (χ3v) is 3.45. The van der Waals surface area contributed by atoms with Crippen molar-refractivity contribution in [3.05, 3.63) is 83.1 Å². The highest BCUT2D eigenvalue weighted by atomic mass is 19.3. The number of aryl methyl sites for hydroxylation is 1. The number of hydrogen-bond donors (Lipinski definition) is 0. The molecule has 0 fully saturated rings. The molecule has 0 N–H and O–H groups in total. The third kappa shape index (κ3) is 6.81. The summed E-state index contributed by atoms with van der Waals surface area (Å²) in [5.41, 5.74) is 2.48. The Morgan fingerprint density at radius 1 is 0.862 bits per heavy atom. The number of hydrogen-bond acceptors (Lipinski definition) is 2. The Labute approximate surface area is 164 Å². The first kappa shape index (κ1) is 24.0. The Kier molecular flexibility index (Phi) is 9.71. The summed E-state index contributed by atoms with van der Waals surface area (Å²) < 4.78 is 73.4. The minimum atomic E-state index is -1.65. The molecule has 0 amide bonds. The van der Waals surface area contributed by atoms with Gasteiger partial charge in [-0.1, -0.05) is 32.0 Å². The smallest absolute Gasteiger partial charge is 0.194 e. The first-order valence-corrected chi connectivity index (χ1v) is 8.56. The molecule has 1 heterocycles. The van der Waals surface area contributed by atoms with Crippen molar-refractivity contribution >= 4 is 0 Å². The predicted octanol–water partition coefficient (Wildman–Crippen LogP) is 7.06. The largest absolute Gasteiger partial charge is 0.294 e. The van der Waals surface area contributed by atoms with Gasteiger partial charge in [0.15, 0.2) is 23.2 Å². The maximum Gasteiger partial charge on any atom is 0.194 e. The van der Waals surface area contributed by atoms with Crippen LogP contribution in [0.15, 0.2) is 48.7 Å². The van der Waals surface area contributed by atoms with Crippen molar-refractivity contribution in [3.8, 4) is 17.0 Å². The predicted molar refractivity (Wildman–Crippen MR) is 98.6 cm³/mol. The SMILES string of the molecule is CC.Cc1ccc(-c2ccc(CF)c(F)c2)nc1.FOc1cc(F)c(F)c(F)c1. The van der Waals surface area contributed by atoms with Crippen molar-refractivity contribution < 1.29 is 31.4 Å². The molecule has 0 radical (unpaired) electrons. The Morgan fingerprint density at radius 3 is 1.93 bits per heavy atom. The van der Waals surface area contributed by atoms with E-state index >= 15 is 0 Å². The van der Waals surface area contributed by atoms with Crippen LogP contribution in [0.25, 0.3) is 11.3 Å². The molecule has 0 aliphatic heterocycles. The summed E-state index contributed by atoms with van der Waals surface area (Å²) in [6, 6.07) is 8.97. The standard InChI is InChI=1S/C13H11F2N.C6H2F4O.C2H6/c1-9-2-5-13(16-8-9)10-3-4-11(7-14)12(15)6-10;7-4-1-3(11-10)2-5(8)6(4)9;1-2/h2-6,8H,7H2,1H3;1-2H;1-2H3. The fourth-order valence-electron chi connectivity index (χ4n) is 2.03. The van der Waals surface area contributed by atoms with Crippen LogP contribution in [-0.4, -0.2) is 4.98 Å². The van der Waals surface area contributed by atoms with E-state index in [2.05, 4.69) is 9.93 Å². The normalized spacial score (nSPS) is 9.69. The van der Waals surface area contributed by atoms with Gasteiger partial charge in [0.1, 0.15) is 12.5 Å². The zero-order valence-electron chi connectivity index (χ0n) is 15.9. The van der Waals surface area contributed by atoms with E-state index in [1.165, 1.54) is 12.1 Å². The van der Waals surface area contributed by atoms with Crippen LogP contribution >= 0.6 is 0 Å². The Hall–Kier alpha value is -3.03. The maximum atomic E-state index is 13.3. The molecule has 2 aromatic carbocycles. The molecule has 156 valence electrons. The summed E-state index contributed by atoms with van der Waals surface area (Å²) in [6.07, 6.45) is 1.72. The van der Waals surface area contributed by atoms with Crippen molar-refractivity contribution in [2.75, 3.05) is 0 Å². The molecule has 3 rings (SSSR count). The Bertz CT molecular complexity index is 893. The van der Waals surface area contributed by atoms with Crippen LogP contribution in [0.2, 0.25) is 0 Å². The Morgan fingerprint density at radius 2 is 1.48 bits per heavy atom. The van der Waals surface area contributed by atoms with Crippen molar-refractivity contribution in [3.63, 3.8) is 0 Å². The van der Waals surface area contributed by atoms with E-state index < -0.39 is 35.7 Å². The highest BCUT2D eigenvalue weighted by Crippen LogP contribution is 2.21. The van der Waals surface area contributed by atoms with Crippen LogP contribution in [0, 0.1) is 30.2 Å². The third-order valence-electron chi connectivity index (χ3n) is 3.45. The fraction of sp³-hybridized carbons (Fsp3) is 0.190. The number of halogens is 6. The second kappa shape index (κ2) is 11.7. The molecule has 0 saturated heterocycles. The number of rotatable bonds is 3. The fourth-order valence-corrected chi connectivity index (χ4v) is 2.03. The van der Waals surface area contributed by atoms with Crippen LogP contribution < -0.4 is 4.94 Å². The number of pyridine rings is 1. The zero-order chi connectivity index (χ0) is 22.0. The van der Waals surface area contributed by atoms with Gasteiger partial charge in [-0.15, -0.1) is 0 Å². The lowest BCUT2D eigenvalue weighted by atomic mass is 10.1. The quantitative estimate of drug-likeness (QED) is 0.338. The lowest BCUT2D eigenvalue weighted by molar-refractivity contribution is -0.00711. The van der Waals surface area contributed by atoms with Gasteiger partial charge in [0.25, 0.3) is 0 Å². The molecule has 0 spiro atoms. The summed E-state index contributed by atoms with van der Waals surface area (Å²) in [5, 5.41) is 0. The van der Waals surface area contributed by atoms with Crippen LogP contribution in [0.1, 0.15) is 25.0 Å². The average Bonchev–Trinajstić information content (AvgIpc) is 2.74. The van der Waals surface area contributed by atoms with Crippen LogP contribution in [-0.2, 0) is 6.67 Å². The number of alkyl halides is 1. The molecular weight excluding hydrogens is 396 g/mol. The molecule has 0 atom stereocenters. The molecule has 8 heteroatoms. The first-order valence-electron chi connectivity index (χ1n) is 8.56. The minimum absolute atomic E-state index is 0.0795. The molecule has 0 aliphatic rings. The van der Waals surface area contributed by atoms with Gasteiger partial charge in [-0.05, 0) is 24.6 Å². The average molecular weight is 415 g/mol. The number of aromatic nitrogens is 1. The minimum Gasteiger partial charge on any atom is -0.294 e. The van der Waals surface area contributed by atoms with E-state index in [0.717, 1.165) is 5.56 Å². The summed E-state index contributed by atoms with van der Waals surface area (Å²) in [4.78, 5) is 7.17. The topological polar surface area (TPSA) is 22.1 Å². The van der Waals surface area contributed by atoms with E-state index in [0.29, 0.717) is 23.4 Å². The molecule has 0 unspecified atom stereocenters. The molecular formula is C21H19F6NO. The second-order valence-electron chi connectivity index (χ2n) is 5.44. The lowest BCUT2D eigenvalue weighted by Crippen LogP contribution is -1.90. The van der Waals surface area contributed by atoms with Gasteiger partial charge >= 0.3 is 0 Å². The van der Waals surface area contributed by atoms with E-state index in [4.69, 9.17) is 0 Å². The molecule has 3 aromatic rings. The molecule has 29 heavy (non-hydrogen) atoms. The molecule has 0 saturated carbocycles.